The molecule has 0 spiro atoms. The van der Waals surface area contributed by atoms with Gasteiger partial charge >= 0.3 is 0 Å². The number of fused-ring (bicyclic) bond motifs is 2. The molecule has 2 fully saturated rings. The molecule has 1 aromatic rings. The SMILES string of the molecule is CCNCc1cnc(N(C)CC2CC3CCC2C3)nc1. The van der Waals surface area contributed by atoms with Crippen LogP contribution in [0.4, 0.5) is 5.95 Å². The summed E-state index contributed by atoms with van der Waals surface area (Å²) in [4.78, 5) is 11.3. The van der Waals surface area contributed by atoms with Gasteiger partial charge in [0.1, 0.15) is 0 Å². The lowest BCUT2D eigenvalue weighted by Crippen LogP contribution is -2.29. The standard InChI is InChI=1S/C16H26N4/c1-3-17-8-13-9-18-16(19-10-13)20(2)11-15-7-12-4-5-14(15)6-12/h9-10,12,14-15,17H,3-8,11H2,1-2H3. The van der Waals surface area contributed by atoms with Crippen LogP contribution in [0.15, 0.2) is 12.4 Å². The summed E-state index contributed by atoms with van der Waals surface area (Å²) in [6.45, 7) is 5.06. The number of nitrogens with one attached hydrogen (secondary N) is 1. The molecule has 0 aromatic carbocycles. The number of hydrogen-bond donors (Lipinski definition) is 1. The Morgan fingerprint density at radius 3 is 2.65 bits per heavy atom. The van der Waals surface area contributed by atoms with Gasteiger partial charge in [-0.05, 0) is 43.6 Å². The molecule has 2 bridgehead atoms. The molecular formula is C16H26N4. The Labute approximate surface area is 122 Å². The number of hydrogen-bond acceptors (Lipinski definition) is 4. The van der Waals surface area contributed by atoms with Gasteiger partial charge in [-0.2, -0.15) is 0 Å². The zero-order chi connectivity index (χ0) is 13.9. The van der Waals surface area contributed by atoms with Gasteiger partial charge in [0.2, 0.25) is 5.95 Å². The maximum atomic E-state index is 4.51. The number of nitrogens with zero attached hydrogens (tertiary/aromatic N) is 3. The Balaban J connectivity index is 1.55. The van der Waals surface area contributed by atoms with Gasteiger partial charge < -0.3 is 10.2 Å². The molecule has 2 saturated carbocycles. The molecule has 0 amide bonds. The van der Waals surface area contributed by atoms with Crippen molar-refractivity contribution in [1.82, 2.24) is 15.3 Å². The summed E-state index contributed by atoms with van der Waals surface area (Å²) in [5.41, 5.74) is 1.16. The molecule has 1 heterocycles. The first-order valence-electron chi connectivity index (χ1n) is 7.99. The van der Waals surface area contributed by atoms with E-state index >= 15 is 0 Å². The van der Waals surface area contributed by atoms with Gasteiger partial charge in [-0.1, -0.05) is 13.3 Å². The highest BCUT2D eigenvalue weighted by Gasteiger charge is 2.39. The predicted octanol–water partition coefficient (Wildman–Crippen LogP) is 2.46. The van der Waals surface area contributed by atoms with Crippen LogP contribution in [0.2, 0.25) is 0 Å². The summed E-state index contributed by atoms with van der Waals surface area (Å²) in [6.07, 6.45) is 9.71. The van der Waals surface area contributed by atoms with Crippen molar-refractivity contribution in [3.63, 3.8) is 0 Å². The van der Waals surface area contributed by atoms with Gasteiger partial charge in [0.15, 0.2) is 0 Å². The molecule has 0 radical (unpaired) electrons. The minimum Gasteiger partial charge on any atom is -0.344 e. The smallest absolute Gasteiger partial charge is 0.225 e. The van der Waals surface area contributed by atoms with Crippen molar-refractivity contribution in [2.45, 2.75) is 39.2 Å². The number of anilines is 1. The topological polar surface area (TPSA) is 41.1 Å². The first-order valence-corrected chi connectivity index (χ1v) is 7.99. The Hall–Kier alpha value is -1.16. The van der Waals surface area contributed by atoms with Crippen molar-refractivity contribution in [2.75, 3.05) is 25.0 Å². The molecule has 0 saturated heterocycles. The molecule has 110 valence electrons. The van der Waals surface area contributed by atoms with Crippen LogP contribution in [0, 0.1) is 17.8 Å². The van der Waals surface area contributed by atoms with Crippen molar-refractivity contribution in [2.24, 2.45) is 17.8 Å². The Bertz CT molecular complexity index is 431. The van der Waals surface area contributed by atoms with Crippen molar-refractivity contribution in [1.29, 1.82) is 0 Å². The molecule has 0 aliphatic heterocycles. The highest BCUT2D eigenvalue weighted by molar-refractivity contribution is 5.28. The largest absolute Gasteiger partial charge is 0.344 e. The normalized spacial score (nSPS) is 28.0. The lowest BCUT2D eigenvalue weighted by atomic mass is 9.88. The summed E-state index contributed by atoms with van der Waals surface area (Å²) in [5.74, 6) is 3.72. The molecule has 20 heavy (non-hydrogen) atoms. The molecule has 1 N–H and O–H groups in total. The fourth-order valence-corrected chi connectivity index (χ4v) is 3.94. The molecular weight excluding hydrogens is 248 g/mol. The maximum absolute atomic E-state index is 4.51. The van der Waals surface area contributed by atoms with E-state index in [-0.39, 0.29) is 0 Å². The van der Waals surface area contributed by atoms with Crippen LogP contribution in [-0.2, 0) is 6.54 Å². The third kappa shape index (κ3) is 2.95. The Morgan fingerprint density at radius 2 is 2.05 bits per heavy atom. The van der Waals surface area contributed by atoms with E-state index in [1.54, 1.807) is 0 Å². The minimum absolute atomic E-state index is 0.854. The summed E-state index contributed by atoms with van der Waals surface area (Å²) in [7, 11) is 2.13. The third-order valence-electron chi connectivity index (χ3n) is 5.01. The van der Waals surface area contributed by atoms with Crippen molar-refractivity contribution in [3.8, 4) is 0 Å². The average molecular weight is 274 g/mol. The maximum Gasteiger partial charge on any atom is 0.225 e. The van der Waals surface area contributed by atoms with Crippen LogP contribution in [0.1, 0.15) is 38.2 Å². The van der Waals surface area contributed by atoms with Crippen LogP contribution >= 0.6 is 0 Å². The zero-order valence-electron chi connectivity index (χ0n) is 12.7. The monoisotopic (exact) mass is 274 g/mol. The van der Waals surface area contributed by atoms with Crippen LogP contribution in [-0.4, -0.2) is 30.1 Å². The molecule has 3 atom stereocenters. The summed E-state index contributed by atoms with van der Waals surface area (Å²) in [6, 6.07) is 0. The molecule has 2 aliphatic carbocycles. The fraction of sp³-hybridized carbons (Fsp3) is 0.750. The van der Waals surface area contributed by atoms with E-state index in [2.05, 4.69) is 34.2 Å². The third-order valence-corrected chi connectivity index (χ3v) is 5.01. The number of rotatable bonds is 6. The Morgan fingerprint density at radius 1 is 1.25 bits per heavy atom. The van der Waals surface area contributed by atoms with Crippen molar-refractivity contribution < 1.29 is 0 Å². The Kier molecular flexibility index (Phi) is 4.20. The molecule has 2 aliphatic rings. The van der Waals surface area contributed by atoms with Crippen LogP contribution in [0.3, 0.4) is 0 Å². The quantitative estimate of drug-likeness (QED) is 0.865. The molecule has 4 heteroatoms. The van der Waals surface area contributed by atoms with E-state index in [1.807, 2.05) is 12.4 Å². The van der Waals surface area contributed by atoms with Gasteiger partial charge in [-0.25, -0.2) is 9.97 Å². The molecule has 4 nitrogen and oxygen atoms in total. The predicted molar refractivity (Wildman–Crippen MR) is 81.6 cm³/mol. The zero-order valence-corrected chi connectivity index (χ0v) is 12.7. The van der Waals surface area contributed by atoms with Gasteiger partial charge in [0, 0.05) is 38.1 Å². The van der Waals surface area contributed by atoms with Crippen LogP contribution in [0.25, 0.3) is 0 Å². The lowest BCUT2D eigenvalue weighted by molar-refractivity contribution is 0.336. The molecule has 1 aromatic heterocycles. The van der Waals surface area contributed by atoms with E-state index < -0.39 is 0 Å². The summed E-state index contributed by atoms with van der Waals surface area (Å²) >= 11 is 0. The molecule has 3 rings (SSSR count). The lowest BCUT2D eigenvalue weighted by Gasteiger charge is -2.27. The average Bonchev–Trinajstić information content (AvgIpc) is 3.08. The van der Waals surface area contributed by atoms with Crippen LogP contribution < -0.4 is 10.2 Å². The molecule has 3 unspecified atom stereocenters. The highest BCUT2D eigenvalue weighted by atomic mass is 15.2. The second-order valence-corrected chi connectivity index (χ2v) is 6.49. The van der Waals surface area contributed by atoms with Crippen molar-refractivity contribution in [3.05, 3.63) is 18.0 Å². The van der Waals surface area contributed by atoms with E-state index in [0.29, 0.717) is 0 Å². The second-order valence-electron chi connectivity index (χ2n) is 6.49. The second kappa shape index (κ2) is 6.08. The summed E-state index contributed by atoms with van der Waals surface area (Å²) < 4.78 is 0. The first-order chi connectivity index (χ1) is 9.76. The highest BCUT2D eigenvalue weighted by Crippen LogP contribution is 2.48. The van der Waals surface area contributed by atoms with Gasteiger partial charge in [-0.3, -0.25) is 0 Å². The van der Waals surface area contributed by atoms with Gasteiger partial charge in [0.25, 0.3) is 0 Å². The fourth-order valence-electron chi connectivity index (χ4n) is 3.94. The van der Waals surface area contributed by atoms with E-state index in [0.717, 1.165) is 48.9 Å². The number of aromatic nitrogens is 2. The summed E-state index contributed by atoms with van der Waals surface area (Å²) in [5, 5.41) is 3.30. The van der Waals surface area contributed by atoms with Gasteiger partial charge in [-0.15, -0.1) is 0 Å². The van der Waals surface area contributed by atoms with Crippen LogP contribution in [0.5, 0.6) is 0 Å². The first kappa shape index (κ1) is 13.8. The van der Waals surface area contributed by atoms with E-state index in [1.165, 1.54) is 25.7 Å². The van der Waals surface area contributed by atoms with E-state index in [9.17, 15) is 0 Å². The van der Waals surface area contributed by atoms with E-state index in [4.69, 9.17) is 0 Å². The van der Waals surface area contributed by atoms with Gasteiger partial charge in [0.05, 0.1) is 0 Å². The minimum atomic E-state index is 0.854. The van der Waals surface area contributed by atoms with Crippen molar-refractivity contribution >= 4 is 5.95 Å².